The number of fused-ring (bicyclic) bond motifs is 1. The van der Waals surface area contributed by atoms with Crippen molar-refractivity contribution in [2.24, 2.45) is 0 Å². The normalized spacial score (nSPS) is 11.6. The van der Waals surface area contributed by atoms with E-state index in [-0.39, 0.29) is 12.4 Å². The fraction of sp³-hybridized carbons (Fsp3) is 0.273. The molecule has 1 N–H and O–H groups in total. The number of pyridine rings is 1. The van der Waals surface area contributed by atoms with Crippen molar-refractivity contribution >= 4 is 17.0 Å². The van der Waals surface area contributed by atoms with Crippen LogP contribution in [-0.4, -0.2) is 31.4 Å². The Bertz CT molecular complexity index is 1240. The first-order chi connectivity index (χ1) is 14.7. The van der Waals surface area contributed by atoms with Gasteiger partial charge in [0.15, 0.2) is 0 Å². The Balaban J connectivity index is 1.65. The van der Waals surface area contributed by atoms with Gasteiger partial charge in [0.05, 0.1) is 35.3 Å². The molecule has 160 valence electrons. The Morgan fingerprint density at radius 2 is 2.03 bits per heavy atom. The third-order valence-corrected chi connectivity index (χ3v) is 4.40. The number of nitrogens with zero attached hydrogens (tertiary/aromatic N) is 4. The van der Waals surface area contributed by atoms with Crippen molar-refractivity contribution in [2.45, 2.75) is 39.8 Å². The van der Waals surface area contributed by atoms with Crippen LogP contribution in [0.4, 0.5) is 9.18 Å². The third kappa shape index (κ3) is 4.55. The first kappa shape index (κ1) is 20.5. The molecule has 0 aliphatic carbocycles. The number of carbonyl (C=O) groups excluding carboxylic acids is 1. The van der Waals surface area contributed by atoms with Crippen molar-refractivity contribution in [1.29, 1.82) is 0 Å². The second-order valence-electron chi connectivity index (χ2n) is 8.07. The largest absolute Gasteiger partial charge is 0.444 e. The van der Waals surface area contributed by atoms with Gasteiger partial charge in [-0.05, 0) is 57.2 Å². The smallest absolute Gasteiger partial charge is 0.407 e. The number of amides is 1. The van der Waals surface area contributed by atoms with Crippen molar-refractivity contribution in [3.63, 3.8) is 0 Å². The molecule has 1 aromatic carbocycles. The van der Waals surface area contributed by atoms with Crippen LogP contribution in [0.2, 0.25) is 0 Å². The highest BCUT2D eigenvalue weighted by Crippen LogP contribution is 2.30. The second-order valence-corrected chi connectivity index (χ2v) is 8.07. The summed E-state index contributed by atoms with van der Waals surface area (Å²) in [6.45, 7) is 7.34. The lowest BCUT2D eigenvalue weighted by Crippen LogP contribution is -2.32. The predicted molar refractivity (Wildman–Crippen MR) is 112 cm³/mol. The molecule has 0 saturated heterocycles. The molecule has 0 fully saturated rings. The number of nitrogens with one attached hydrogen (secondary N) is 1. The van der Waals surface area contributed by atoms with E-state index in [9.17, 15) is 9.18 Å². The summed E-state index contributed by atoms with van der Waals surface area (Å²) in [7, 11) is 0. The number of hydrogen-bond donors (Lipinski definition) is 1. The molecular weight excluding hydrogens is 401 g/mol. The zero-order valence-electron chi connectivity index (χ0n) is 17.6. The highest BCUT2D eigenvalue weighted by molar-refractivity contribution is 5.88. The van der Waals surface area contributed by atoms with Crippen LogP contribution in [0.5, 0.6) is 0 Å². The van der Waals surface area contributed by atoms with E-state index in [0.29, 0.717) is 28.5 Å². The van der Waals surface area contributed by atoms with Gasteiger partial charge in [0.25, 0.3) is 0 Å². The summed E-state index contributed by atoms with van der Waals surface area (Å²) in [6, 6.07) is 10.0. The van der Waals surface area contributed by atoms with E-state index in [4.69, 9.17) is 9.26 Å². The summed E-state index contributed by atoms with van der Waals surface area (Å²) in [5.41, 5.74) is 2.26. The number of ether oxygens (including phenoxy) is 1. The van der Waals surface area contributed by atoms with Crippen LogP contribution in [-0.2, 0) is 11.3 Å². The lowest BCUT2D eigenvalue weighted by molar-refractivity contribution is 0.0523. The summed E-state index contributed by atoms with van der Waals surface area (Å²) in [6.07, 6.45) is 1.16. The topological polar surface area (TPSA) is 95.1 Å². The highest BCUT2D eigenvalue weighted by atomic mass is 19.1. The van der Waals surface area contributed by atoms with Crippen molar-refractivity contribution in [3.05, 3.63) is 60.0 Å². The van der Waals surface area contributed by atoms with Gasteiger partial charge in [0.2, 0.25) is 11.7 Å². The lowest BCUT2D eigenvalue weighted by Gasteiger charge is -2.19. The molecule has 3 heterocycles. The average molecular weight is 423 g/mol. The van der Waals surface area contributed by atoms with Crippen molar-refractivity contribution in [1.82, 2.24) is 25.0 Å². The van der Waals surface area contributed by atoms with E-state index in [1.807, 2.05) is 10.6 Å². The Hall–Kier alpha value is -3.75. The molecule has 1 amide bonds. The van der Waals surface area contributed by atoms with Crippen LogP contribution >= 0.6 is 0 Å². The number of benzene rings is 1. The molecule has 0 aliphatic heterocycles. The van der Waals surface area contributed by atoms with Crippen molar-refractivity contribution in [2.75, 3.05) is 0 Å². The maximum atomic E-state index is 13.8. The summed E-state index contributed by atoms with van der Waals surface area (Å²) >= 11 is 0. The maximum Gasteiger partial charge on any atom is 0.407 e. The van der Waals surface area contributed by atoms with Crippen LogP contribution in [0.3, 0.4) is 0 Å². The van der Waals surface area contributed by atoms with Gasteiger partial charge in [0.1, 0.15) is 11.4 Å². The quantitative estimate of drug-likeness (QED) is 0.518. The summed E-state index contributed by atoms with van der Waals surface area (Å²) in [5, 5.41) is 7.39. The van der Waals surface area contributed by atoms with Gasteiger partial charge >= 0.3 is 6.09 Å². The number of aromatic nitrogens is 4. The Morgan fingerprint density at radius 3 is 2.68 bits per heavy atom. The molecule has 9 heteroatoms. The molecule has 0 unspecified atom stereocenters. The van der Waals surface area contributed by atoms with Crippen LogP contribution in [0.25, 0.3) is 28.1 Å². The molecule has 0 aliphatic rings. The first-order valence-electron chi connectivity index (χ1n) is 9.73. The van der Waals surface area contributed by atoms with Gasteiger partial charge < -0.3 is 19.1 Å². The molecule has 4 aromatic rings. The zero-order chi connectivity index (χ0) is 22.2. The molecule has 4 rings (SSSR count). The van der Waals surface area contributed by atoms with E-state index in [0.717, 1.165) is 11.2 Å². The highest BCUT2D eigenvalue weighted by Gasteiger charge is 2.18. The Labute approximate surface area is 178 Å². The molecule has 0 saturated carbocycles. The maximum absolute atomic E-state index is 13.8. The van der Waals surface area contributed by atoms with E-state index in [2.05, 4.69) is 20.4 Å². The lowest BCUT2D eigenvalue weighted by atomic mass is 10.2. The minimum atomic E-state index is -0.569. The van der Waals surface area contributed by atoms with E-state index in [1.165, 1.54) is 12.1 Å². The molecule has 8 nitrogen and oxygen atoms in total. The van der Waals surface area contributed by atoms with Gasteiger partial charge in [0, 0.05) is 12.3 Å². The van der Waals surface area contributed by atoms with Gasteiger partial charge in [-0.15, -0.1) is 0 Å². The standard InChI is InChI=1S/C22H22FN5O3/c1-13-26-20(27-31-13)19-10-14-9-15(23)5-8-18(14)28(19)17-7-6-16(24-12-17)11-25-21(29)30-22(2,3)4/h5-10,12H,11H2,1-4H3,(H,25,29). The molecule has 0 bridgehead atoms. The molecule has 3 aromatic heterocycles. The van der Waals surface area contributed by atoms with Crippen LogP contribution in [0, 0.1) is 12.7 Å². The Kier molecular flexibility index (Phi) is 5.18. The number of aryl methyl sites for hydroxylation is 1. The van der Waals surface area contributed by atoms with Gasteiger partial charge in [-0.2, -0.15) is 4.98 Å². The number of rotatable bonds is 4. The molecule has 0 radical (unpaired) electrons. The van der Waals surface area contributed by atoms with Gasteiger partial charge in [-0.3, -0.25) is 4.98 Å². The van der Waals surface area contributed by atoms with E-state index < -0.39 is 11.7 Å². The fourth-order valence-corrected chi connectivity index (χ4v) is 3.16. The SMILES string of the molecule is Cc1nc(-c2cc3cc(F)ccc3n2-c2ccc(CNC(=O)OC(C)(C)C)nc2)no1. The number of hydrogen-bond acceptors (Lipinski definition) is 6. The summed E-state index contributed by atoms with van der Waals surface area (Å²) in [5.74, 6) is 0.492. The summed E-state index contributed by atoms with van der Waals surface area (Å²) < 4.78 is 26.0. The number of alkyl carbamates (subject to hydrolysis) is 1. The van der Waals surface area contributed by atoms with Crippen molar-refractivity contribution in [3.8, 4) is 17.2 Å². The molecule has 0 spiro atoms. The van der Waals surface area contributed by atoms with Crippen molar-refractivity contribution < 1.29 is 18.4 Å². The van der Waals surface area contributed by atoms with Crippen LogP contribution < -0.4 is 5.32 Å². The second kappa shape index (κ2) is 7.82. The minimum Gasteiger partial charge on any atom is -0.444 e. The van der Waals surface area contributed by atoms with E-state index >= 15 is 0 Å². The van der Waals surface area contributed by atoms with E-state index in [1.54, 1.807) is 52.1 Å². The van der Waals surface area contributed by atoms with Gasteiger partial charge in [-0.1, -0.05) is 5.16 Å². The summed E-state index contributed by atoms with van der Waals surface area (Å²) in [4.78, 5) is 20.6. The monoisotopic (exact) mass is 423 g/mol. The van der Waals surface area contributed by atoms with Crippen LogP contribution in [0.1, 0.15) is 32.4 Å². The average Bonchev–Trinajstić information content (AvgIpc) is 3.28. The minimum absolute atomic E-state index is 0.226. The van der Waals surface area contributed by atoms with Gasteiger partial charge in [-0.25, -0.2) is 9.18 Å². The number of halogens is 1. The number of carbonyl (C=O) groups is 1. The fourth-order valence-electron chi connectivity index (χ4n) is 3.16. The third-order valence-electron chi connectivity index (χ3n) is 4.40. The Morgan fingerprint density at radius 1 is 1.23 bits per heavy atom. The first-order valence-corrected chi connectivity index (χ1v) is 9.73. The zero-order valence-corrected chi connectivity index (χ0v) is 17.6. The molecular formula is C22H22FN5O3. The predicted octanol–water partition coefficient (Wildman–Crippen LogP) is 4.55. The molecule has 31 heavy (non-hydrogen) atoms. The molecule has 0 atom stereocenters. The van der Waals surface area contributed by atoms with Crippen LogP contribution in [0.15, 0.2) is 47.1 Å².